The van der Waals surface area contributed by atoms with Gasteiger partial charge in [0.1, 0.15) is 30.9 Å². The fourth-order valence-electron chi connectivity index (χ4n) is 2.74. The van der Waals surface area contributed by atoms with Crippen molar-refractivity contribution in [2.24, 2.45) is 0 Å². The van der Waals surface area contributed by atoms with Crippen molar-refractivity contribution in [1.82, 2.24) is 0 Å². The highest BCUT2D eigenvalue weighted by atomic mass is 19.1. The van der Waals surface area contributed by atoms with Gasteiger partial charge >= 0.3 is 0 Å². The number of Topliss-reactive ketones (excluding diaryl/α,β-unsaturated/α-hetero) is 1. The number of rotatable bonds is 1. The van der Waals surface area contributed by atoms with Gasteiger partial charge in [0, 0.05) is 0 Å². The number of benzene rings is 2. The minimum Gasteiger partial charge on any atom is -0.486 e. The van der Waals surface area contributed by atoms with Crippen LogP contribution in [0, 0.1) is 5.82 Å². The first kappa shape index (κ1) is 13.1. The molecule has 5 heteroatoms. The monoisotopic (exact) mass is 300 g/mol. The van der Waals surface area contributed by atoms with Crippen LogP contribution < -0.4 is 14.2 Å². The molecule has 0 N–H and O–H groups in total. The molecule has 1 atom stereocenters. The van der Waals surface area contributed by atoms with Crippen molar-refractivity contribution in [3.8, 4) is 17.2 Å². The molecular weight excluding hydrogens is 287 g/mol. The Bertz CT molecular complexity index is 756. The number of carbonyl (C=O) groups is 1. The molecular formula is C17H13FO4. The SMILES string of the molecule is O=C1CC(c2ccc3c(c2)OCCO3)Oc2ccc(F)cc21. The third-order valence-electron chi connectivity index (χ3n) is 3.82. The van der Waals surface area contributed by atoms with E-state index in [1.165, 1.54) is 18.2 Å². The van der Waals surface area contributed by atoms with Crippen LogP contribution in [0.3, 0.4) is 0 Å². The van der Waals surface area contributed by atoms with Crippen LogP contribution in [0.2, 0.25) is 0 Å². The highest BCUT2D eigenvalue weighted by molar-refractivity contribution is 6.00. The molecule has 112 valence electrons. The first-order chi connectivity index (χ1) is 10.7. The summed E-state index contributed by atoms with van der Waals surface area (Å²) in [5.41, 5.74) is 1.14. The predicted molar refractivity (Wildman–Crippen MR) is 76.1 cm³/mol. The van der Waals surface area contributed by atoms with Crippen molar-refractivity contribution in [3.63, 3.8) is 0 Å². The Morgan fingerprint density at radius 1 is 0.955 bits per heavy atom. The van der Waals surface area contributed by atoms with E-state index in [2.05, 4.69) is 0 Å². The lowest BCUT2D eigenvalue weighted by molar-refractivity contribution is 0.0848. The van der Waals surface area contributed by atoms with Gasteiger partial charge < -0.3 is 14.2 Å². The van der Waals surface area contributed by atoms with Gasteiger partial charge in [-0.3, -0.25) is 4.79 Å². The maximum absolute atomic E-state index is 13.2. The van der Waals surface area contributed by atoms with E-state index in [1.54, 1.807) is 0 Å². The summed E-state index contributed by atoms with van der Waals surface area (Å²) in [6.45, 7) is 1.03. The zero-order chi connectivity index (χ0) is 15.1. The van der Waals surface area contributed by atoms with Gasteiger partial charge in [0.15, 0.2) is 17.3 Å². The Morgan fingerprint density at radius 3 is 2.59 bits per heavy atom. The van der Waals surface area contributed by atoms with Crippen LogP contribution in [0.15, 0.2) is 36.4 Å². The van der Waals surface area contributed by atoms with Crippen molar-refractivity contribution < 1.29 is 23.4 Å². The summed E-state index contributed by atoms with van der Waals surface area (Å²) in [7, 11) is 0. The van der Waals surface area contributed by atoms with Crippen molar-refractivity contribution in [3.05, 3.63) is 53.3 Å². The van der Waals surface area contributed by atoms with E-state index in [9.17, 15) is 9.18 Å². The van der Waals surface area contributed by atoms with E-state index in [0.29, 0.717) is 36.0 Å². The van der Waals surface area contributed by atoms with Gasteiger partial charge in [0.2, 0.25) is 0 Å². The van der Waals surface area contributed by atoms with Gasteiger partial charge in [-0.1, -0.05) is 6.07 Å². The van der Waals surface area contributed by atoms with Crippen LogP contribution in [-0.4, -0.2) is 19.0 Å². The van der Waals surface area contributed by atoms with E-state index in [4.69, 9.17) is 14.2 Å². The molecule has 2 heterocycles. The van der Waals surface area contributed by atoms with Gasteiger partial charge in [-0.25, -0.2) is 4.39 Å². The number of fused-ring (bicyclic) bond motifs is 2. The third kappa shape index (κ3) is 2.19. The number of hydrogen-bond acceptors (Lipinski definition) is 4. The van der Waals surface area contributed by atoms with Crippen molar-refractivity contribution in [2.45, 2.75) is 12.5 Å². The second-order valence-corrected chi connectivity index (χ2v) is 5.28. The van der Waals surface area contributed by atoms with Gasteiger partial charge in [-0.2, -0.15) is 0 Å². The number of hydrogen-bond donors (Lipinski definition) is 0. The molecule has 0 saturated carbocycles. The fraction of sp³-hybridized carbons (Fsp3) is 0.235. The molecule has 2 aromatic carbocycles. The van der Waals surface area contributed by atoms with E-state index >= 15 is 0 Å². The quantitative estimate of drug-likeness (QED) is 0.810. The van der Waals surface area contributed by atoms with Crippen LogP contribution in [0.4, 0.5) is 4.39 Å². The normalized spacial score (nSPS) is 19.3. The molecule has 0 aliphatic carbocycles. The smallest absolute Gasteiger partial charge is 0.170 e. The van der Waals surface area contributed by atoms with Gasteiger partial charge in [-0.05, 0) is 35.9 Å². The zero-order valence-corrected chi connectivity index (χ0v) is 11.7. The van der Waals surface area contributed by atoms with Crippen molar-refractivity contribution in [1.29, 1.82) is 0 Å². The van der Waals surface area contributed by atoms with Crippen LogP contribution in [-0.2, 0) is 0 Å². The number of ether oxygens (including phenoxy) is 3. The van der Waals surface area contributed by atoms with Crippen LogP contribution in [0.5, 0.6) is 17.2 Å². The zero-order valence-electron chi connectivity index (χ0n) is 11.7. The molecule has 0 radical (unpaired) electrons. The maximum atomic E-state index is 13.2. The van der Waals surface area contributed by atoms with E-state index in [1.807, 2.05) is 18.2 Å². The molecule has 2 aliphatic heterocycles. The minimum absolute atomic E-state index is 0.124. The minimum atomic E-state index is -0.437. The summed E-state index contributed by atoms with van der Waals surface area (Å²) in [4.78, 5) is 12.2. The lowest BCUT2D eigenvalue weighted by atomic mass is 9.96. The molecule has 4 nitrogen and oxygen atoms in total. The largest absolute Gasteiger partial charge is 0.486 e. The molecule has 0 saturated heterocycles. The Kier molecular flexibility index (Phi) is 2.99. The molecule has 0 amide bonds. The maximum Gasteiger partial charge on any atom is 0.170 e. The molecule has 0 aromatic heterocycles. The number of carbonyl (C=O) groups excluding carboxylic acids is 1. The molecule has 0 bridgehead atoms. The van der Waals surface area contributed by atoms with Gasteiger partial charge in [0.05, 0.1) is 12.0 Å². The summed E-state index contributed by atoms with van der Waals surface area (Å²) < 4.78 is 30.1. The third-order valence-corrected chi connectivity index (χ3v) is 3.82. The first-order valence-electron chi connectivity index (χ1n) is 7.10. The number of halogens is 1. The Morgan fingerprint density at radius 2 is 1.73 bits per heavy atom. The molecule has 2 aliphatic rings. The van der Waals surface area contributed by atoms with Crippen LogP contribution in [0.1, 0.15) is 28.4 Å². The summed E-state index contributed by atoms with van der Waals surface area (Å²) in [6.07, 6.45) is -0.225. The van der Waals surface area contributed by atoms with Crippen molar-refractivity contribution >= 4 is 5.78 Å². The molecule has 0 spiro atoms. The van der Waals surface area contributed by atoms with Gasteiger partial charge in [-0.15, -0.1) is 0 Å². The van der Waals surface area contributed by atoms with Gasteiger partial charge in [0.25, 0.3) is 0 Å². The highest BCUT2D eigenvalue weighted by Gasteiger charge is 2.29. The Balaban J connectivity index is 1.67. The second kappa shape index (κ2) is 5.02. The highest BCUT2D eigenvalue weighted by Crippen LogP contribution is 2.38. The fourth-order valence-corrected chi connectivity index (χ4v) is 2.74. The summed E-state index contributed by atoms with van der Waals surface area (Å²) in [5, 5.41) is 0. The molecule has 22 heavy (non-hydrogen) atoms. The Labute approximate surface area is 126 Å². The molecule has 0 fully saturated rings. The lowest BCUT2D eigenvalue weighted by Crippen LogP contribution is -2.21. The van der Waals surface area contributed by atoms with E-state index < -0.39 is 11.9 Å². The lowest BCUT2D eigenvalue weighted by Gasteiger charge is -2.26. The standard InChI is InChI=1S/C17H13FO4/c18-11-2-4-14-12(8-11)13(19)9-16(22-14)10-1-3-15-17(7-10)21-6-5-20-15/h1-4,7-8,16H,5-6,9H2. The van der Waals surface area contributed by atoms with E-state index in [-0.39, 0.29) is 12.2 Å². The molecule has 2 aromatic rings. The molecule has 4 rings (SSSR count). The average Bonchev–Trinajstić information content (AvgIpc) is 2.55. The Hall–Kier alpha value is -2.56. The van der Waals surface area contributed by atoms with E-state index in [0.717, 1.165) is 5.56 Å². The van der Waals surface area contributed by atoms with Crippen LogP contribution >= 0.6 is 0 Å². The first-order valence-corrected chi connectivity index (χ1v) is 7.10. The second-order valence-electron chi connectivity index (χ2n) is 5.28. The predicted octanol–water partition coefficient (Wildman–Crippen LogP) is 3.30. The summed E-state index contributed by atoms with van der Waals surface area (Å²) in [5.74, 6) is 1.20. The van der Waals surface area contributed by atoms with Crippen molar-refractivity contribution in [2.75, 3.05) is 13.2 Å². The average molecular weight is 300 g/mol. The summed E-state index contributed by atoms with van der Waals surface area (Å²) >= 11 is 0. The number of ketones is 1. The van der Waals surface area contributed by atoms with Crippen LogP contribution in [0.25, 0.3) is 0 Å². The summed E-state index contributed by atoms with van der Waals surface area (Å²) in [6, 6.07) is 9.52. The molecule has 1 unspecified atom stereocenters. The topological polar surface area (TPSA) is 44.8 Å².